The fourth-order valence-corrected chi connectivity index (χ4v) is 3.38. The highest BCUT2D eigenvalue weighted by atomic mass is 35.5. The third kappa shape index (κ3) is 3.87. The summed E-state index contributed by atoms with van der Waals surface area (Å²) in [5.41, 5.74) is -0.199. The Labute approximate surface area is 150 Å². The van der Waals surface area contributed by atoms with Gasteiger partial charge in [0.15, 0.2) is 6.61 Å². The van der Waals surface area contributed by atoms with Crippen molar-refractivity contribution in [2.24, 2.45) is 0 Å². The minimum atomic E-state index is -0.305. The van der Waals surface area contributed by atoms with E-state index in [9.17, 15) is 9.59 Å². The normalized spacial score (nSPS) is 10.8. The largest absolute Gasteiger partial charge is 0.482 e. The van der Waals surface area contributed by atoms with Gasteiger partial charge in [-0.25, -0.2) is 4.98 Å². The average molecular weight is 384 g/mol. The van der Waals surface area contributed by atoms with Crippen LogP contribution in [0.25, 0.3) is 10.2 Å². The number of nitrogens with zero attached hydrogens (tertiary/aromatic N) is 1. The maximum Gasteiger partial charge on any atom is 0.259 e. The summed E-state index contributed by atoms with van der Waals surface area (Å²) in [6.45, 7) is 0.113. The molecule has 1 aromatic carbocycles. The molecule has 2 heterocycles. The summed E-state index contributed by atoms with van der Waals surface area (Å²) >= 11 is 13.1. The monoisotopic (exact) mass is 383 g/mol. The summed E-state index contributed by atoms with van der Waals surface area (Å²) in [6, 6.07) is 6.48. The average Bonchev–Trinajstić information content (AvgIpc) is 2.97. The van der Waals surface area contributed by atoms with Crippen LogP contribution in [0.5, 0.6) is 5.75 Å². The lowest BCUT2D eigenvalue weighted by Crippen LogP contribution is -2.28. The zero-order valence-corrected chi connectivity index (χ0v) is 14.5. The fraction of sp³-hybridized carbons (Fsp3) is 0.133. The van der Waals surface area contributed by atoms with Crippen molar-refractivity contribution in [1.29, 1.82) is 0 Å². The van der Waals surface area contributed by atoms with E-state index in [0.717, 1.165) is 4.88 Å². The van der Waals surface area contributed by atoms with Crippen molar-refractivity contribution >= 4 is 50.7 Å². The van der Waals surface area contributed by atoms with Gasteiger partial charge in [0.2, 0.25) is 0 Å². The van der Waals surface area contributed by atoms with Crippen LogP contribution in [0.15, 0.2) is 35.4 Å². The molecular weight excluding hydrogens is 373 g/mol. The molecule has 0 unspecified atom stereocenters. The molecule has 0 bridgehead atoms. The number of carbonyl (C=O) groups excluding carboxylic acids is 1. The van der Waals surface area contributed by atoms with Gasteiger partial charge in [-0.1, -0.05) is 23.2 Å². The zero-order chi connectivity index (χ0) is 17.1. The number of fused-ring (bicyclic) bond motifs is 1. The van der Waals surface area contributed by atoms with E-state index < -0.39 is 0 Å². The van der Waals surface area contributed by atoms with Crippen LogP contribution in [-0.4, -0.2) is 22.5 Å². The van der Waals surface area contributed by atoms with E-state index in [2.05, 4.69) is 15.3 Å². The molecule has 0 spiro atoms. The van der Waals surface area contributed by atoms with Gasteiger partial charge in [-0.15, -0.1) is 11.3 Å². The first-order valence-corrected chi connectivity index (χ1v) is 8.41. The molecule has 2 aromatic heterocycles. The molecule has 3 rings (SSSR count). The smallest absolute Gasteiger partial charge is 0.259 e. The molecular formula is C15H11Cl2N3O3S. The van der Waals surface area contributed by atoms with E-state index >= 15 is 0 Å². The molecule has 6 nitrogen and oxygen atoms in total. The van der Waals surface area contributed by atoms with Crippen molar-refractivity contribution in [2.45, 2.75) is 6.54 Å². The number of rotatable bonds is 5. The Morgan fingerprint density at radius 3 is 2.92 bits per heavy atom. The number of ether oxygens (including phenoxy) is 1. The van der Waals surface area contributed by atoms with E-state index in [1.54, 1.807) is 18.2 Å². The van der Waals surface area contributed by atoms with Gasteiger partial charge in [0.05, 0.1) is 23.3 Å². The molecule has 124 valence electrons. The van der Waals surface area contributed by atoms with Crippen LogP contribution in [0.3, 0.4) is 0 Å². The summed E-state index contributed by atoms with van der Waals surface area (Å²) in [4.78, 5) is 31.5. The molecule has 3 aromatic rings. The Balaban J connectivity index is 1.56. The van der Waals surface area contributed by atoms with Crippen LogP contribution in [0.4, 0.5) is 0 Å². The number of hydrogen-bond donors (Lipinski definition) is 2. The summed E-state index contributed by atoms with van der Waals surface area (Å²) in [6.07, 6.45) is 1.35. The number of halogens is 2. The molecule has 0 fully saturated rings. The number of nitrogens with one attached hydrogen (secondary N) is 2. The second-order valence-corrected chi connectivity index (χ2v) is 6.76. The predicted molar refractivity (Wildman–Crippen MR) is 94.0 cm³/mol. The van der Waals surface area contributed by atoms with Gasteiger partial charge in [-0.2, -0.15) is 0 Å². The molecule has 0 aliphatic heterocycles. The van der Waals surface area contributed by atoms with Crippen molar-refractivity contribution in [1.82, 2.24) is 15.3 Å². The molecule has 0 saturated carbocycles. The summed E-state index contributed by atoms with van der Waals surface area (Å²) in [5, 5.41) is 4.06. The molecule has 9 heteroatoms. The van der Waals surface area contributed by atoms with E-state index in [1.807, 2.05) is 0 Å². The number of amides is 1. The van der Waals surface area contributed by atoms with Crippen LogP contribution in [0.2, 0.25) is 10.0 Å². The van der Waals surface area contributed by atoms with Crippen LogP contribution in [0, 0.1) is 0 Å². The maximum atomic E-state index is 11.9. The minimum absolute atomic E-state index is 0.176. The van der Waals surface area contributed by atoms with Crippen LogP contribution < -0.4 is 15.6 Å². The van der Waals surface area contributed by atoms with Gasteiger partial charge in [-0.3, -0.25) is 9.59 Å². The number of carbonyl (C=O) groups is 1. The van der Waals surface area contributed by atoms with Crippen molar-refractivity contribution < 1.29 is 9.53 Å². The minimum Gasteiger partial charge on any atom is -0.482 e. The third-order valence-electron chi connectivity index (χ3n) is 3.10. The van der Waals surface area contributed by atoms with Gasteiger partial charge in [-0.05, 0) is 24.3 Å². The zero-order valence-electron chi connectivity index (χ0n) is 12.1. The molecule has 0 saturated heterocycles. The molecule has 0 radical (unpaired) electrons. The lowest BCUT2D eigenvalue weighted by Gasteiger charge is -2.08. The standard InChI is InChI=1S/C15H11Cl2N3O3S/c16-8-1-2-12(11(17)3-8)23-6-13(21)18-5-9-4-10-14(22)19-7-20-15(10)24-9/h1-4,7H,5-6H2,(H,18,21)(H,19,20,22). The summed E-state index contributed by atoms with van der Waals surface area (Å²) in [7, 11) is 0. The van der Waals surface area contributed by atoms with E-state index in [1.165, 1.54) is 23.7 Å². The highest BCUT2D eigenvalue weighted by molar-refractivity contribution is 7.18. The van der Waals surface area contributed by atoms with Gasteiger partial charge >= 0.3 is 0 Å². The quantitative estimate of drug-likeness (QED) is 0.709. The van der Waals surface area contributed by atoms with Crippen molar-refractivity contribution in [2.75, 3.05) is 6.61 Å². The van der Waals surface area contributed by atoms with Gasteiger partial charge < -0.3 is 15.0 Å². The van der Waals surface area contributed by atoms with Crippen LogP contribution in [0.1, 0.15) is 4.88 Å². The molecule has 0 atom stereocenters. The number of benzene rings is 1. The van der Waals surface area contributed by atoms with E-state index in [-0.39, 0.29) is 24.6 Å². The Morgan fingerprint density at radius 1 is 1.33 bits per heavy atom. The predicted octanol–water partition coefficient (Wildman–Crippen LogP) is 2.99. The Kier molecular flexibility index (Phi) is 5.03. The van der Waals surface area contributed by atoms with Gasteiger partial charge in [0.25, 0.3) is 11.5 Å². The first-order valence-electron chi connectivity index (χ1n) is 6.83. The Morgan fingerprint density at radius 2 is 2.17 bits per heavy atom. The van der Waals surface area contributed by atoms with Crippen molar-refractivity contribution in [3.8, 4) is 5.75 Å². The van der Waals surface area contributed by atoms with Gasteiger partial charge in [0.1, 0.15) is 10.6 Å². The number of thiophene rings is 1. The molecule has 2 N–H and O–H groups in total. The number of aromatic nitrogens is 2. The summed E-state index contributed by atoms with van der Waals surface area (Å²) < 4.78 is 5.35. The van der Waals surface area contributed by atoms with Crippen LogP contribution >= 0.6 is 34.5 Å². The van der Waals surface area contributed by atoms with Crippen LogP contribution in [-0.2, 0) is 11.3 Å². The topological polar surface area (TPSA) is 84.1 Å². The first-order chi connectivity index (χ1) is 11.5. The van der Waals surface area contributed by atoms with E-state index in [0.29, 0.717) is 26.0 Å². The number of H-pyrrole nitrogens is 1. The van der Waals surface area contributed by atoms with Crippen molar-refractivity contribution in [3.05, 3.63) is 55.9 Å². The molecule has 0 aliphatic rings. The highest BCUT2D eigenvalue weighted by Crippen LogP contribution is 2.27. The highest BCUT2D eigenvalue weighted by Gasteiger charge is 2.09. The second-order valence-electron chi connectivity index (χ2n) is 4.80. The fourth-order valence-electron chi connectivity index (χ4n) is 1.98. The maximum absolute atomic E-state index is 11.9. The lowest BCUT2D eigenvalue weighted by molar-refractivity contribution is -0.123. The molecule has 24 heavy (non-hydrogen) atoms. The number of aromatic amines is 1. The SMILES string of the molecule is O=C(COc1ccc(Cl)cc1Cl)NCc1cc2c(=O)[nH]cnc2s1. The lowest BCUT2D eigenvalue weighted by atomic mass is 10.3. The molecule has 0 aliphatic carbocycles. The van der Waals surface area contributed by atoms with Gasteiger partial charge in [0, 0.05) is 9.90 Å². The first kappa shape index (κ1) is 16.8. The second kappa shape index (κ2) is 7.21. The van der Waals surface area contributed by atoms with Crippen molar-refractivity contribution in [3.63, 3.8) is 0 Å². The number of hydrogen-bond acceptors (Lipinski definition) is 5. The Hall–Kier alpha value is -2.09. The van der Waals surface area contributed by atoms with E-state index in [4.69, 9.17) is 27.9 Å². The molecule has 1 amide bonds. The Bertz CT molecular complexity index is 955. The third-order valence-corrected chi connectivity index (χ3v) is 4.67. The summed E-state index contributed by atoms with van der Waals surface area (Å²) in [5.74, 6) is 0.0779.